The molecule has 1 heteroatoms. The Labute approximate surface area is 388 Å². The molecule has 66 heavy (non-hydrogen) atoms. The van der Waals surface area contributed by atoms with Crippen LogP contribution in [0.1, 0.15) is 76.3 Å². The van der Waals surface area contributed by atoms with Crippen LogP contribution in [0.5, 0.6) is 0 Å². The molecular formula is C65H49N. The van der Waals surface area contributed by atoms with E-state index >= 15 is 0 Å². The Morgan fingerprint density at radius 1 is 0.394 bits per heavy atom. The highest BCUT2D eigenvalue weighted by atomic mass is 15.2. The van der Waals surface area contributed by atoms with Crippen molar-refractivity contribution in [1.82, 2.24) is 0 Å². The zero-order valence-electron chi connectivity index (χ0n) is 37.3. The molecule has 0 radical (unpaired) electrons. The van der Waals surface area contributed by atoms with E-state index in [-0.39, 0.29) is 6.04 Å². The summed E-state index contributed by atoms with van der Waals surface area (Å²) in [7, 11) is 0. The summed E-state index contributed by atoms with van der Waals surface area (Å²) in [6.45, 7) is 4.63. The molecule has 2 spiro atoms. The third-order valence-corrected chi connectivity index (χ3v) is 15.2. The van der Waals surface area contributed by atoms with Gasteiger partial charge in [0.25, 0.3) is 0 Å². The van der Waals surface area contributed by atoms with Crippen LogP contribution in [0, 0.1) is 0 Å². The number of allylic oxidation sites excluding steroid dienone is 2. The number of anilines is 2. The Morgan fingerprint density at radius 3 is 1.42 bits per heavy atom. The minimum Gasteiger partial charge on any atom is -0.334 e. The Kier molecular flexibility index (Phi) is 8.74. The fourth-order valence-electron chi connectivity index (χ4n) is 12.7. The minimum atomic E-state index is -0.564. The van der Waals surface area contributed by atoms with Crippen LogP contribution >= 0.6 is 0 Å². The minimum absolute atomic E-state index is 0.182. The Bertz CT molecular complexity index is 3350. The Balaban J connectivity index is 1.06. The molecule has 1 unspecified atom stereocenters. The number of hydrogen-bond acceptors (Lipinski definition) is 1. The number of hydrogen-bond donors (Lipinski definition) is 0. The van der Waals surface area contributed by atoms with Crippen molar-refractivity contribution < 1.29 is 0 Å². The van der Waals surface area contributed by atoms with Gasteiger partial charge in [-0.1, -0.05) is 226 Å². The zero-order chi connectivity index (χ0) is 44.0. The van der Waals surface area contributed by atoms with E-state index in [1.807, 2.05) is 0 Å². The molecule has 314 valence electrons. The lowest BCUT2D eigenvalue weighted by molar-refractivity contribution is 0.634. The fraction of sp³-hybridized carbons (Fsp3) is 0.108. The topological polar surface area (TPSA) is 3.24 Å². The van der Waals surface area contributed by atoms with Crippen LogP contribution in [0.25, 0.3) is 44.5 Å². The van der Waals surface area contributed by atoms with Gasteiger partial charge in [-0.05, 0) is 131 Å². The average molecular weight is 844 g/mol. The maximum absolute atomic E-state index is 2.55. The van der Waals surface area contributed by atoms with Gasteiger partial charge in [0.2, 0.25) is 0 Å². The van der Waals surface area contributed by atoms with Crippen molar-refractivity contribution >= 4 is 11.4 Å². The van der Waals surface area contributed by atoms with Crippen LogP contribution in [0.15, 0.2) is 237 Å². The molecule has 4 aliphatic carbocycles. The van der Waals surface area contributed by atoms with Gasteiger partial charge in [0.1, 0.15) is 0 Å². The predicted molar refractivity (Wildman–Crippen MR) is 275 cm³/mol. The second-order valence-corrected chi connectivity index (χ2v) is 18.8. The molecule has 0 saturated heterocycles. The summed E-state index contributed by atoms with van der Waals surface area (Å²) in [5, 5.41) is 0. The fourth-order valence-corrected chi connectivity index (χ4v) is 12.7. The Hall–Kier alpha value is -7.74. The van der Waals surface area contributed by atoms with E-state index in [9.17, 15) is 0 Å². The molecule has 0 heterocycles. The SMILES string of the molecule is CC(C)c1cc(N(c2ccc(-c3cccc4c3C3(c5ccccc5-c5ccccc53)c3ccccc3C43c4ccccc4-c4ccccc43)cc2)C2C=CC=CC2)ccc1-c1ccccc1. The molecule has 1 nitrogen and oxygen atoms in total. The van der Waals surface area contributed by atoms with Crippen molar-refractivity contribution in [2.45, 2.75) is 43.1 Å². The predicted octanol–water partition coefficient (Wildman–Crippen LogP) is 16.2. The van der Waals surface area contributed by atoms with Crippen molar-refractivity contribution in [2.24, 2.45) is 0 Å². The average Bonchev–Trinajstić information content (AvgIpc) is 3.85. The number of fused-ring (bicyclic) bond motifs is 16. The normalized spacial score (nSPS) is 16.1. The van der Waals surface area contributed by atoms with E-state index in [2.05, 4.69) is 255 Å². The van der Waals surface area contributed by atoms with Gasteiger partial charge in [-0.3, -0.25) is 0 Å². The molecule has 0 N–H and O–H groups in total. The van der Waals surface area contributed by atoms with Crippen LogP contribution in [-0.4, -0.2) is 6.04 Å². The smallest absolute Gasteiger partial charge is 0.0725 e. The lowest BCUT2D eigenvalue weighted by Crippen LogP contribution is -2.44. The number of benzene rings is 9. The van der Waals surface area contributed by atoms with Gasteiger partial charge in [-0.25, -0.2) is 0 Å². The summed E-state index contributed by atoms with van der Waals surface area (Å²) in [5.74, 6) is 0.362. The molecule has 0 aliphatic heterocycles. The molecule has 0 bridgehead atoms. The first kappa shape index (κ1) is 38.7. The van der Waals surface area contributed by atoms with Gasteiger partial charge in [0.15, 0.2) is 0 Å². The lowest BCUT2D eigenvalue weighted by Gasteiger charge is -2.49. The molecule has 13 rings (SSSR count). The van der Waals surface area contributed by atoms with Gasteiger partial charge in [0, 0.05) is 11.4 Å². The first-order chi connectivity index (χ1) is 32.6. The van der Waals surface area contributed by atoms with Crippen molar-refractivity contribution in [1.29, 1.82) is 0 Å². The van der Waals surface area contributed by atoms with Crippen molar-refractivity contribution in [3.63, 3.8) is 0 Å². The summed E-state index contributed by atoms with van der Waals surface area (Å²) >= 11 is 0. The van der Waals surface area contributed by atoms with Crippen molar-refractivity contribution in [3.05, 3.63) is 287 Å². The molecule has 0 aromatic heterocycles. The number of nitrogens with zero attached hydrogens (tertiary/aromatic N) is 1. The standard InChI is InChI=1S/C65H49N/c1-43(2)55-42-48(40-41-49(55)44-20-5-3-6-21-44)66(46-22-7-4-8-23-46)47-38-36-45(37-39-47)50-28-19-35-62-63(50)65(58-31-15-11-26-53(58)54-27-12-16-32-59(54)65)61-34-18-17-33-60(61)64(62)56-29-13-9-24-51(56)52-25-10-14-30-57(52)64/h3-22,24-43,46H,23H2,1-2H3. The summed E-state index contributed by atoms with van der Waals surface area (Å²) in [4.78, 5) is 2.55. The summed E-state index contributed by atoms with van der Waals surface area (Å²) in [6, 6.07) is 81.0. The molecule has 1 atom stereocenters. The van der Waals surface area contributed by atoms with Crippen LogP contribution in [0.4, 0.5) is 11.4 Å². The van der Waals surface area contributed by atoms with Crippen LogP contribution in [-0.2, 0) is 10.8 Å². The van der Waals surface area contributed by atoms with Crippen molar-refractivity contribution in [2.75, 3.05) is 4.90 Å². The summed E-state index contributed by atoms with van der Waals surface area (Å²) in [6.07, 6.45) is 9.97. The van der Waals surface area contributed by atoms with E-state index in [1.54, 1.807) is 0 Å². The van der Waals surface area contributed by atoms with Gasteiger partial charge in [-0.15, -0.1) is 0 Å². The van der Waals surface area contributed by atoms with Gasteiger partial charge >= 0.3 is 0 Å². The van der Waals surface area contributed by atoms with Gasteiger partial charge < -0.3 is 4.90 Å². The van der Waals surface area contributed by atoms with Gasteiger partial charge in [0.05, 0.1) is 16.9 Å². The second-order valence-electron chi connectivity index (χ2n) is 18.8. The third-order valence-electron chi connectivity index (χ3n) is 15.2. The highest BCUT2D eigenvalue weighted by molar-refractivity contribution is 5.96. The van der Waals surface area contributed by atoms with E-state index in [4.69, 9.17) is 0 Å². The van der Waals surface area contributed by atoms with E-state index in [0.717, 1.165) is 6.42 Å². The van der Waals surface area contributed by atoms with E-state index in [0.29, 0.717) is 5.92 Å². The van der Waals surface area contributed by atoms with Crippen LogP contribution < -0.4 is 4.90 Å². The highest BCUT2D eigenvalue weighted by Crippen LogP contribution is 2.68. The number of rotatable bonds is 6. The maximum Gasteiger partial charge on any atom is 0.0725 e. The molecule has 0 amide bonds. The molecular weight excluding hydrogens is 795 g/mol. The van der Waals surface area contributed by atoms with Gasteiger partial charge in [-0.2, -0.15) is 0 Å². The molecule has 9 aromatic rings. The molecule has 4 aliphatic rings. The third kappa shape index (κ3) is 5.29. The molecule has 0 fully saturated rings. The monoisotopic (exact) mass is 843 g/mol. The van der Waals surface area contributed by atoms with Crippen LogP contribution in [0.3, 0.4) is 0 Å². The largest absolute Gasteiger partial charge is 0.334 e. The first-order valence-corrected chi connectivity index (χ1v) is 23.6. The highest BCUT2D eigenvalue weighted by Gasteiger charge is 2.59. The maximum atomic E-state index is 2.55. The van der Waals surface area contributed by atoms with E-state index in [1.165, 1.54) is 106 Å². The molecule has 9 aromatic carbocycles. The van der Waals surface area contributed by atoms with Crippen molar-refractivity contribution in [3.8, 4) is 44.5 Å². The summed E-state index contributed by atoms with van der Waals surface area (Å²) < 4.78 is 0. The zero-order valence-corrected chi connectivity index (χ0v) is 37.3. The lowest BCUT2D eigenvalue weighted by atomic mass is 9.51. The molecule has 0 saturated carbocycles. The first-order valence-electron chi connectivity index (χ1n) is 23.6. The summed E-state index contributed by atoms with van der Waals surface area (Å²) in [5.41, 5.74) is 23.8. The van der Waals surface area contributed by atoms with E-state index < -0.39 is 10.8 Å². The second kappa shape index (κ2) is 14.9. The van der Waals surface area contributed by atoms with Crippen LogP contribution in [0.2, 0.25) is 0 Å². The Morgan fingerprint density at radius 2 is 0.864 bits per heavy atom. The quantitative estimate of drug-likeness (QED) is 0.161.